The fourth-order valence-electron chi connectivity index (χ4n) is 1.38. The van der Waals surface area contributed by atoms with E-state index in [0.29, 0.717) is 10.6 Å². The van der Waals surface area contributed by atoms with Gasteiger partial charge in [0, 0.05) is 11.8 Å². The summed E-state index contributed by atoms with van der Waals surface area (Å²) >= 11 is 5.77. The molecule has 1 heterocycles. The Hall–Kier alpha value is -1.61. The van der Waals surface area contributed by atoms with E-state index in [1.807, 2.05) is 19.1 Å². The van der Waals surface area contributed by atoms with Gasteiger partial charge >= 0.3 is 0 Å². The minimum Gasteiger partial charge on any atom is -0.298 e. The lowest BCUT2D eigenvalue weighted by atomic mass is 10.1. The number of hydrogen-bond donors (Lipinski definition) is 0. The van der Waals surface area contributed by atoms with Crippen molar-refractivity contribution in [3.63, 3.8) is 0 Å². The van der Waals surface area contributed by atoms with Crippen LogP contribution in [0, 0.1) is 6.92 Å². The normalized spacial score (nSPS) is 10.3. The summed E-state index contributed by atoms with van der Waals surface area (Å²) in [6.07, 6.45) is 4.14. The average molecular weight is 221 g/mol. The van der Waals surface area contributed by atoms with Gasteiger partial charge in [-0.2, -0.15) is 5.10 Å². The first-order valence-electron chi connectivity index (χ1n) is 4.47. The molecule has 1 aromatic heterocycles. The van der Waals surface area contributed by atoms with Gasteiger partial charge in [-0.3, -0.25) is 4.79 Å². The summed E-state index contributed by atoms with van der Waals surface area (Å²) in [5.74, 6) is 0. The Kier molecular flexibility index (Phi) is 2.56. The Bertz CT molecular complexity index is 505. The second-order valence-corrected chi connectivity index (χ2v) is 3.70. The number of aryl methyl sites for hydroxylation is 1. The van der Waals surface area contributed by atoms with Crippen molar-refractivity contribution in [1.29, 1.82) is 0 Å². The smallest absolute Gasteiger partial charge is 0.150 e. The molecule has 0 spiro atoms. The lowest BCUT2D eigenvalue weighted by molar-refractivity contribution is 0.112. The topological polar surface area (TPSA) is 34.9 Å². The predicted octanol–water partition coefficient (Wildman–Crippen LogP) is 2.65. The van der Waals surface area contributed by atoms with Crippen molar-refractivity contribution in [2.24, 2.45) is 0 Å². The zero-order valence-electron chi connectivity index (χ0n) is 8.14. The summed E-state index contributed by atoms with van der Waals surface area (Å²) in [6.45, 7) is 1.89. The van der Waals surface area contributed by atoms with E-state index in [2.05, 4.69) is 5.10 Å². The maximum absolute atomic E-state index is 10.6. The van der Waals surface area contributed by atoms with Crippen molar-refractivity contribution < 1.29 is 4.79 Å². The molecule has 4 heteroatoms. The summed E-state index contributed by atoms with van der Waals surface area (Å²) in [7, 11) is 0. The highest BCUT2D eigenvalue weighted by Gasteiger charge is 2.02. The number of halogens is 1. The van der Waals surface area contributed by atoms with E-state index in [-0.39, 0.29) is 0 Å². The molecular formula is C11H9ClN2O. The van der Waals surface area contributed by atoms with Crippen LogP contribution in [-0.2, 0) is 0 Å². The minimum atomic E-state index is 0.590. The Morgan fingerprint density at radius 1 is 1.47 bits per heavy atom. The minimum absolute atomic E-state index is 0.590. The first kappa shape index (κ1) is 9.93. The quantitative estimate of drug-likeness (QED) is 0.730. The van der Waals surface area contributed by atoms with Crippen molar-refractivity contribution in [2.75, 3.05) is 0 Å². The van der Waals surface area contributed by atoms with E-state index in [1.165, 1.54) is 0 Å². The fourth-order valence-corrected chi connectivity index (χ4v) is 1.51. The molecule has 0 aliphatic heterocycles. The molecule has 15 heavy (non-hydrogen) atoms. The van der Waals surface area contributed by atoms with Gasteiger partial charge in [-0.15, -0.1) is 0 Å². The number of hydrogen-bond acceptors (Lipinski definition) is 2. The Balaban J connectivity index is 2.46. The van der Waals surface area contributed by atoms with Gasteiger partial charge < -0.3 is 0 Å². The number of benzene rings is 1. The number of aromatic nitrogens is 2. The first-order chi connectivity index (χ1) is 7.20. The molecule has 0 saturated heterocycles. The van der Waals surface area contributed by atoms with Gasteiger partial charge in [-0.1, -0.05) is 11.6 Å². The molecule has 1 aromatic carbocycles. The maximum Gasteiger partial charge on any atom is 0.150 e. The largest absolute Gasteiger partial charge is 0.298 e. The highest BCUT2D eigenvalue weighted by molar-refractivity contribution is 6.30. The van der Waals surface area contributed by atoms with Crippen molar-refractivity contribution in [1.82, 2.24) is 9.78 Å². The molecule has 3 nitrogen and oxygen atoms in total. The molecular weight excluding hydrogens is 212 g/mol. The van der Waals surface area contributed by atoms with Crippen LogP contribution in [0.15, 0.2) is 30.6 Å². The maximum atomic E-state index is 10.6. The second-order valence-electron chi connectivity index (χ2n) is 3.26. The molecule has 0 amide bonds. The molecule has 76 valence electrons. The third kappa shape index (κ3) is 1.92. The van der Waals surface area contributed by atoms with Crippen molar-refractivity contribution in [3.05, 3.63) is 46.7 Å². The van der Waals surface area contributed by atoms with E-state index in [4.69, 9.17) is 11.6 Å². The zero-order valence-corrected chi connectivity index (χ0v) is 8.90. The number of carbonyl (C=O) groups is 1. The number of nitrogens with zero attached hydrogens (tertiary/aromatic N) is 2. The van der Waals surface area contributed by atoms with E-state index >= 15 is 0 Å². The Labute approximate surface area is 92.3 Å². The summed E-state index contributed by atoms with van der Waals surface area (Å²) in [5, 5.41) is 4.67. The predicted molar refractivity (Wildman–Crippen MR) is 58.7 cm³/mol. The van der Waals surface area contributed by atoms with Crippen LogP contribution in [0.4, 0.5) is 0 Å². The Morgan fingerprint density at radius 2 is 2.27 bits per heavy atom. The summed E-state index contributed by atoms with van der Waals surface area (Å²) in [5.41, 5.74) is 2.51. The van der Waals surface area contributed by atoms with Gasteiger partial charge in [0.2, 0.25) is 0 Å². The van der Waals surface area contributed by atoms with Crippen LogP contribution in [0.3, 0.4) is 0 Å². The number of rotatable bonds is 2. The molecule has 0 N–H and O–H groups in total. The first-order valence-corrected chi connectivity index (χ1v) is 4.85. The third-order valence-corrected chi connectivity index (χ3v) is 2.39. The van der Waals surface area contributed by atoms with Gasteiger partial charge in [-0.05, 0) is 30.7 Å². The molecule has 0 bridgehead atoms. The van der Waals surface area contributed by atoms with Crippen LogP contribution in [0.5, 0.6) is 0 Å². The van der Waals surface area contributed by atoms with Crippen molar-refractivity contribution >= 4 is 17.9 Å². The highest BCUT2D eigenvalue weighted by atomic mass is 35.5. The van der Waals surface area contributed by atoms with Crippen LogP contribution in [-0.4, -0.2) is 16.1 Å². The molecule has 0 unspecified atom stereocenters. The van der Waals surface area contributed by atoms with Gasteiger partial charge in [0.25, 0.3) is 0 Å². The summed E-state index contributed by atoms with van der Waals surface area (Å²) in [4.78, 5) is 10.6. The molecule has 2 aromatic rings. The fraction of sp³-hybridized carbons (Fsp3) is 0.0909. The van der Waals surface area contributed by atoms with Crippen LogP contribution in [0.2, 0.25) is 5.02 Å². The van der Waals surface area contributed by atoms with E-state index < -0.39 is 0 Å². The van der Waals surface area contributed by atoms with Crippen LogP contribution in [0.1, 0.15) is 15.9 Å². The summed E-state index contributed by atoms with van der Waals surface area (Å²) in [6, 6.07) is 5.50. The number of aldehydes is 1. The molecule has 0 radical (unpaired) electrons. The van der Waals surface area contributed by atoms with Crippen LogP contribution in [0.25, 0.3) is 5.69 Å². The highest BCUT2D eigenvalue weighted by Crippen LogP contribution is 2.15. The van der Waals surface area contributed by atoms with Gasteiger partial charge in [0.15, 0.2) is 0 Å². The van der Waals surface area contributed by atoms with Crippen molar-refractivity contribution in [3.8, 4) is 5.69 Å². The van der Waals surface area contributed by atoms with Gasteiger partial charge in [0.05, 0.1) is 16.9 Å². The lowest BCUT2D eigenvalue weighted by Gasteiger charge is -2.03. The van der Waals surface area contributed by atoms with E-state index in [9.17, 15) is 4.79 Å². The van der Waals surface area contributed by atoms with Crippen molar-refractivity contribution in [2.45, 2.75) is 6.92 Å². The average Bonchev–Trinajstić information content (AvgIpc) is 2.65. The molecule has 0 fully saturated rings. The standard InChI is InChI=1S/C11H9ClN2O/c1-8-4-11(3-2-9(8)7-15)14-6-10(12)5-13-14/h2-7H,1H3. The molecule has 0 aliphatic carbocycles. The zero-order chi connectivity index (χ0) is 10.8. The van der Waals surface area contributed by atoms with E-state index in [0.717, 1.165) is 17.5 Å². The van der Waals surface area contributed by atoms with Crippen LogP contribution >= 0.6 is 11.6 Å². The molecule has 0 aliphatic rings. The molecule has 2 rings (SSSR count). The third-order valence-electron chi connectivity index (χ3n) is 2.20. The summed E-state index contributed by atoms with van der Waals surface area (Å²) < 4.78 is 1.67. The molecule has 0 saturated carbocycles. The monoisotopic (exact) mass is 220 g/mol. The van der Waals surface area contributed by atoms with Gasteiger partial charge in [-0.25, -0.2) is 4.68 Å². The van der Waals surface area contributed by atoms with Crippen LogP contribution < -0.4 is 0 Å². The Morgan fingerprint density at radius 3 is 2.80 bits per heavy atom. The SMILES string of the molecule is Cc1cc(-n2cc(Cl)cn2)ccc1C=O. The van der Waals surface area contributed by atoms with Gasteiger partial charge in [0.1, 0.15) is 6.29 Å². The number of carbonyl (C=O) groups excluding carboxylic acids is 1. The molecule has 0 atom stereocenters. The van der Waals surface area contributed by atoms with E-state index in [1.54, 1.807) is 23.1 Å². The lowest BCUT2D eigenvalue weighted by Crippen LogP contribution is -1.96. The second kappa shape index (κ2) is 3.87.